The molecule has 2 aliphatic heterocycles. The molecule has 2 fully saturated rings. The highest BCUT2D eigenvalue weighted by molar-refractivity contribution is 6.25. The molecule has 3 unspecified atom stereocenters. The zero-order valence-electron chi connectivity index (χ0n) is 42.2. The van der Waals surface area contributed by atoms with Gasteiger partial charge in [0.05, 0.1) is 0 Å². The smallest absolute Gasteiger partial charge is 0.329 e. The summed E-state index contributed by atoms with van der Waals surface area (Å²) < 4.78 is 5.88. The Kier molecular flexibility index (Phi) is 21.3. The number of hydrogen-bond donors (Lipinski definition) is 8. The van der Waals surface area contributed by atoms with Crippen LogP contribution in [-0.4, -0.2) is 135 Å². The summed E-state index contributed by atoms with van der Waals surface area (Å²) in [6.07, 6.45) is -1.94. The number of aromatic hydroxyl groups is 1. The SMILES string of the molecule is C/C=C1\NC(=O)C(NC(=O)[C@@H](NC(=O)[C@H](C)NC(=O)C/C(C)=C/Cl)[C@@H](C)CC)[C@@H](C)OC(=O)C(C(C)C)NC(=O)C(Cc2ccc(O)cc2)N(C)C(=O)[C@H](Cc2ccccc2)N2C(=O)[C@H](CC[C@H]2O)NC1=O. The first-order valence-corrected chi connectivity index (χ1v) is 24.5. The minimum atomic E-state index is -1.77. The topological polar surface area (TPSA) is 282 Å². The number of allylic oxidation sites excluding steroid dienone is 1. The molecule has 2 aromatic rings. The van der Waals surface area contributed by atoms with Crippen molar-refractivity contribution in [3.05, 3.63) is 88.6 Å². The number of phenolic OH excluding ortho intramolecular Hbond substituents is 1. The van der Waals surface area contributed by atoms with Crippen molar-refractivity contribution in [1.29, 1.82) is 0 Å². The number of carbonyl (C=O) groups is 9. The molecule has 0 spiro atoms. The van der Waals surface area contributed by atoms with Crippen molar-refractivity contribution in [2.24, 2.45) is 11.8 Å². The Bertz CT molecular complexity index is 2360. The van der Waals surface area contributed by atoms with Gasteiger partial charge in [0, 0.05) is 31.8 Å². The maximum Gasteiger partial charge on any atom is 0.329 e. The van der Waals surface area contributed by atoms with Crippen LogP contribution in [0.2, 0.25) is 0 Å². The van der Waals surface area contributed by atoms with Crippen LogP contribution >= 0.6 is 11.6 Å². The summed E-state index contributed by atoms with van der Waals surface area (Å²) in [5.41, 5.74) is 2.51. The zero-order valence-corrected chi connectivity index (χ0v) is 42.9. The molecular formula is C51H69ClN8O12. The predicted octanol–water partition coefficient (Wildman–Crippen LogP) is 1.96. The number of halogens is 1. The fourth-order valence-electron chi connectivity index (χ4n) is 8.24. The first-order chi connectivity index (χ1) is 34.0. The fraction of sp³-hybridized carbons (Fsp3) is 0.510. The molecular weight excluding hydrogens is 952 g/mol. The van der Waals surface area contributed by atoms with Gasteiger partial charge in [-0.25, -0.2) is 4.79 Å². The third kappa shape index (κ3) is 15.4. The lowest BCUT2D eigenvalue weighted by atomic mass is 9.95. The Balaban J connectivity index is 1.81. The predicted molar refractivity (Wildman–Crippen MR) is 266 cm³/mol. The zero-order chi connectivity index (χ0) is 53.6. The quantitative estimate of drug-likeness (QED) is 0.0997. The van der Waals surface area contributed by atoms with Crippen molar-refractivity contribution in [1.82, 2.24) is 41.7 Å². The third-order valence-electron chi connectivity index (χ3n) is 12.8. The van der Waals surface area contributed by atoms with Crippen LogP contribution in [0.4, 0.5) is 0 Å². The van der Waals surface area contributed by atoms with Gasteiger partial charge in [0.15, 0.2) is 0 Å². The van der Waals surface area contributed by atoms with E-state index in [9.17, 15) is 53.4 Å². The molecule has 0 radical (unpaired) electrons. The van der Waals surface area contributed by atoms with E-state index < -0.39 is 120 Å². The van der Waals surface area contributed by atoms with E-state index in [1.54, 1.807) is 77.1 Å². The van der Waals surface area contributed by atoms with Gasteiger partial charge >= 0.3 is 5.97 Å². The van der Waals surface area contributed by atoms with Gasteiger partial charge in [0.1, 0.15) is 66.1 Å². The summed E-state index contributed by atoms with van der Waals surface area (Å²) in [7, 11) is 1.36. The number of likely N-dealkylation sites (N-methyl/N-ethyl adjacent to an activating group) is 1. The second-order valence-electron chi connectivity index (χ2n) is 18.7. The molecule has 2 bridgehead atoms. The van der Waals surface area contributed by atoms with Gasteiger partial charge in [-0.3, -0.25) is 38.4 Å². The van der Waals surface area contributed by atoms with E-state index in [1.165, 1.54) is 51.6 Å². The number of piperidine rings is 1. The molecule has 72 heavy (non-hydrogen) atoms. The Hall–Kier alpha value is -6.80. The summed E-state index contributed by atoms with van der Waals surface area (Å²) in [6, 6.07) is 4.84. The van der Waals surface area contributed by atoms with Crippen LogP contribution in [0.25, 0.3) is 0 Å². The van der Waals surface area contributed by atoms with Crippen molar-refractivity contribution in [2.75, 3.05) is 7.05 Å². The van der Waals surface area contributed by atoms with Gasteiger partial charge in [0.25, 0.3) is 11.8 Å². The van der Waals surface area contributed by atoms with Crippen molar-refractivity contribution in [2.45, 2.75) is 149 Å². The number of aliphatic hydroxyl groups excluding tert-OH is 1. The van der Waals surface area contributed by atoms with Crippen LogP contribution in [0.1, 0.15) is 92.2 Å². The van der Waals surface area contributed by atoms with Crippen LogP contribution in [0.5, 0.6) is 5.75 Å². The van der Waals surface area contributed by atoms with Crippen molar-refractivity contribution < 1.29 is 58.1 Å². The van der Waals surface area contributed by atoms with Crippen LogP contribution in [0.3, 0.4) is 0 Å². The van der Waals surface area contributed by atoms with Gasteiger partial charge in [-0.2, -0.15) is 0 Å². The average molecular weight is 1020 g/mol. The number of aliphatic hydroxyl groups is 1. The van der Waals surface area contributed by atoms with E-state index in [4.69, 9.17) is 16.3 Å². The molecule has 392 valence electrons. The van der Waals surface area contributed by atoms with Crippen molar-refractivity contribution in [3.8, 4) is 5.75 Å². The van der Waals surface area contributed by atoms with Crippen LogP contribution in [-0.2, 0) is 60.7 Å². The summed E-state index contributed by atoms with van der Waals surface area (Å²) in [4.78, 5) is 129. The molecule has 0 saturated carbocycles. The molecule has 10 atom stereocenters. The van der Waals surface area contributed by atoms with E-state index in [1.807, 2.05) is 0 Å². The summed E-state index contributed by atoms with van der Waals surface area (Å²) in [5, 5.41) is 37.2. The second kappa shape index (κ2) is 26.6. The number of carbonyl (C=O) groups excluding carboxylic acids is 9. The lowest BCUT2D eigenvalue weighted by Gasteiger charge is -2.43. The monoisotopic (exact) mass is 1020 g/mol. The molecule has 2 saturated heterocycles. The Morgan fingerprint density at radius 3 is 2.08 bits per heavy atom. The van der Waals surface area contributed by atoms with E-state index in [-0.39, 0.29) is 43.6 Å². The lowest BCUT2D eigenvalue weighted by molar-refractivity contribution is -0.165. The maximum atomic E-state index is 15.0. The Morgan fingerprint density at radius 2 is 1.49 bits per heavy atom. The molecule has 8 N–H and O–H groups in total. The number of nitrogens with zero attached hydrogens (tertiary/aromatic N) is 2. The van der Waals surface area contributed by atoms with Gasteiger partial charge in [-0.05, 0) is 75.6 Å². The number of hydrogen-bond acceptors (Lipinski definition) is 12. The largest absolute Gasteiger partial charge is 0.508 e. The van der Waals surface area contributed by atoms with E-state index >= 15 is 0 Å². The molecule has 2 heterocycles. The van der Waals surface area contributed by atoms with Gasteiger partial charge in [0.2, 0.25) is 35.4 Å². The molecule has 2 aromatic carbocycles. The number of benzene rings is 2. The molecule has 20 nitrogen and oxygen atoms in total. The molecule has 21 heteroatoms. The third-order valence-corrected chi connectivity index (χ3v) is 13.2. The van der Waals surface area contributed by atoms with Gasteiger partial charge < -0.3 is 56.7 Å². The van der Waals surface area contributed by atoms with Crippen molar-refractivity contribution >= 4 is 64.8 Å². The Labute approximate surface area is 425 Å². The van der Waals surface area contributed by atoms with Gasteiger partial charge in [-0.1, -0.05) is 99.8 Å². The lowest BCUT2D eigenvalue weighted by Crippen LogP contribution is -2.64. The number of nitrogens with one attached hydrogen (secondary N) is 6. The second-order valence-corrected chi connectivity index (χ2v) is 18.9. The average Bonchev–Trinajstić information content (AvgIpc) is 3.34. The summed E-state index contributed by atoms with van der Waals surface area (Å²) in [6.45, 7) is 12.5. The summed E-state index contributed by atoms with van der Waals surface area (Å²) in [5.74, 6) is -8.84. The first kappa shape index (κ1) is 57.8. The number of esters is 1. The minimum Gasteiger partial charge on any atom is -0.508 e. The standard InChI is InChI=1S/C51H69ClN8O12/c1-10-29(6)42(57-44(64)30(7)53-39(62)23-28(5)26-52)47(67)58-43-31(8)72-51(71)41(27(3)4)56-46(66)37(24-33-17-19-34(61)20-18-33)59(9)50(70)38(25-32-15-13-12-14-16-32)60-40(63)22-21-36(49(60)69)55-45(65)35(11-2)54-48(43)68/h11-20,26-27,29-31,36-38,40-43,61,63H,10,21-25H2,1-9H3,(H,53,62)(H,54,68)(H,55,65)(H,56,66)(H,57,64)(H,58,67)/b28-26+,35-11-/t29-,30-,31+,36-,37?,38-,40+,41?,42-,43?/m0/s1. The number of amides is 8. The molecule has 4 rings (SSSR count). The van der Waals surface area contributed by atoms with Crippen molar-refractivity contribution in [3.63, 3.8) is 0 Å². The molecule has 8 amide bonds. The Morgan fingerprint density at radius 1 is 0.861 bits per heavy atom. The number of cyclic esters (lactones) is 1. The van der Waals surface area contributed by atoms with Gasteiger partial charge in [-0.15, -0.1) is 0 Å². The molecule has 2 aliphatic rings. The first-order valence-electron chi connectivity index (χ1n) is 24.0. The van der Waals surface area contributed by atoms with E-state index in [0.717, 1.165) is 9.80 Å². The maximum absolute atomic E-state index is 15.0. The number of phenols is 1. The van der Waals surface area contributed by atoms with Crippen LogP contribution < -0.4 is 31.9 Å². The van der Waals surface area contributed by atoms with E-state index in [0.29, 0.717) is 23.1 Å². The highest BCUT2D eigenvalue weighted by Crippen LogP contribution is 2.26. The van der Waals surface area contributed by atoms with E-state index in [2.05, 4.69) is 31.9 Å². The highest BCUT2D eigenvalue weighted by Gasteiger charge is 2.45. The minimum absolute atomic E-state index is 0.0564. The van der Waals surface area contributed by atoms with Crippen LogP contribution in [0.15, 0.2) is 77.5 Å². The van der Waals surface area contributed by atoms with Crippen LogP contribution in [0, 0.1) is 11.8 Å². The molecule has 0 aromatic heterocycles. The normalized spacial score (nSPS) is 24.9. The number of ether oxygens (including phenoxy) is 1. The molecule has 0 aliphatic carbocycles. The number of rotatable bonds is 14. The number of fused-ring (bicyclic) bond motifs is 2. The fourth-order valence-corrected chi connectivity index (χ4v) is 8.32. The highest BCUT2D eigenvalue weighted by atomic mass is 35.5. The summed E-state index contributed by atoms with van der Waals surface area (Å²) >= 11 is 5.70.